The summed E-state index contributed by atoms with van der Waals surface area (Å²) in [5, 5.41) is 6.24. The van der Waals surface area contributed by atoms with Gasteiger partial charge in [0.15, 0.2) is 0 Å². The normalized spacial score (nSPS) is 10.8. The first-order valence-corrected chi connectivity index (χ1v) is 11.2. The van der Waals surface area contributed by atoms with Crippen LogP contribution in [0, 0.1) is 6.92 Å². The second-order valence-corrected chi connectivity index (χ2v) is 8.24. The monoisotopic (exact) mass is 448 g/mol. The highest BCUT2D eigenvalue weighted by Gasteiger charge is 2.25. The number of rotatable bonds is 7. The molecule has 6 nitrogen and oxygen atoms in total. The summed E-state index contributed by atoms with van der Waals surface area (Å²) in [5.41, 5.74) is 4.71. The molecule has 0 aliphatic carbocycles. The first kappa shape index (κ1) is 21.6. The minimum absolute atomic E-state index is 0.188. The Labute approximate surface area is 190 Å². The number of hydrogen-bond donors (Lipinski definition) is 2. The molecule has 4 rings (SSSR count). The van der Waals surface area contributed by atoms with Gasteiger partial charge in [-0.05, 0) is 37.6 Å². The average Bonchev–Trinajstić information content (AvgIpc) is 3.38. The van der Waals surface area contributed by atoms with Crippen LogP contribution in [-0.2, 0) is 16.0 Å². The molecule has 164 valence electrons. The van der Waals surface area contributed by atoms with E-state index in [2.05, 4.69) is 10.3 Å². The Balaban J connectivity index is 1.67. The molecule has 2 heterocycles. The van der Waals surface area contributed by atoms with Gasteiger partial charge in [0.25, 0.3) is 0 Å². The molecule has 2 N–H and O–H groups in total. The van der Waals surface area contributed by atoms with Crippen molar-refractivity contribution < 1.29 is 19.1 Å². The Morgan fingerprint density at radius 1 is 1.12 bits per heavy atom. The highest BCUT2D eigenvalue weighted by Crippen LogP contribution is 2.40. The molecule has 0 radical (unpaired) electrons. The number of benzene rings is 2. The van der Waals surface area contributed by atoms with Gasteiger partial charge in [-0.15, -0.1) is 11.3 Å². The molecule has 0 atom stereocenters. The maximum Gasteiger partial charge on any atom is 0.341 e. The van der Waals surface area contributed by atoms with E-state index in [1.165, 1.54) is 11.3 Å². The second kappa shape index (κ2) is 9.28. The number of carbonyl (C=O) groups is 2. The second-order valence-electron chi connectivity index (χ2n) is 7.36. The summed E-state index contributed by atoms with van der Waals surface area (Å²) in [6.45, 7) is 3.97. The molecule has 0 bridgehead atoms. The molecular weight excluding hydrogens is 424 g/mol. The predicted octanol–water partition coefficient (Wildman–Crippen LogP) is 5.57. The molecule has 32 heavy (non-hydrogen) atoms. The van der Waals surface area contributed by atoms with Crippen molar-refractivity contribution in [1.29, 1.82) is 0 Å². The number of H-pyrrole nitrogens is 1. The Morgan fingerprint density at radius 3 is 2.72 bits per heavy atom. The van der Waals surface area contributed by atoms with Gasteiger partial charge in [0.05, 0.1) is 20.1 Å². The van der Waals surface area contributed by atoms with Crippen LogP contribution in [0.4, 0.5) is 5.00 Å². The molecular formula is C25H24N2O4S. The van der Waals surface area contributed by atoms with Crippen molar-refractivity contribution in [2.24, 2.45) is 0 Å². The van der Waals surface area contributed by atoms with E-state index in [-0.39, 0.29) is 18.9 Å². The Hall–Kier alpha value is -3.58. The number of fused-ring (bicyclic) bond motifs is 1. The van der Waals surface area contributed by atoms with Crippen molar-refractivity contribution in [3.63, 3.8) is 0 Å². The lowest BCUT2D eigenvalue weighted by Crippen LogP contribution is -2.16. The SMILES string of the molecule is CCOC(=O)c1c(-c2cc(C)ccc2OC)csc1NC(=O)Cc1c[nH]c2ccccc12. The van der Waals surface area contributed by atoms with Gasteiger partial charge in [-0.2, -0.15) is 0 Å². The molecule has 0 fully saturated rings. The summed E-state index contributed by atoms with van der Waals surface area (Å²) in [7, 11) is 1.59. The lowest BCUT2D eigenvalue weighted by Gasteiger charge is -2.12. The third-order valence-electron chi connectivity index (χ3n) is 5.19. The lowest BCUT2D eigenvalue weighted by molar-refractivity contribution is -0.115. The van der Waals surface area contributed by atoms with Gasteiger partial charge in [-0.3, -0.25) is 4.79 Å². The minimum atomic E-state index is -0.477. The average molecular weight is 449 g/mol. The number of esters is 1. The van der Waals surface area contributed by atoms with Crippen LogP contribution in [-0.4, -0.2) is 30.6 Å². The summed E-state index contributed by atoms with van der Waals surface area (Å²) in [4.78, 5) is 28.9. The van der Waals surface area contributed by atoms with Crippen molar-refractivity contribution in [1.82, 2.24) is 4.98 Å². The number of ether oxygens (including phenoxy) is 2. The lowest BCUT2D eigenvalue weighted by atomic mass is 10.0. The number of aromatic nitrogens is 1. The van der Waals surface area contributed by atoms with E-state index in [1.807, 2.05) is 61.0 Å². The van der Waals surface area contributed by atoms with Crippen LogP contribution < -0.4 is 10.1 Å². The molecule has 0 aliphatic rings. The summed E-state index contributed by atoms with van der Waals surface area (Å²) in [6, 6.07) is 13.6. The van der Waals surface area contributed by atoms with Crippen LogP contribution in [0.2, 0.25) is 0 Å². The zero-order chi connectivity index (χ0) is 22.7. The molecule has 2 aromatic heterocycles. The van der Waals surface area contributed by atoms with E-state index in [1.54, 1.807) is 14.0 Å². The fourth-order valence-electron chi connectivity index (χ4n) is 3.71. The van der Waals surface area contributed by atoms with Gasteiger partial charge >= 0.3 is 5.97 Å². The molecule has 0 saturated heterocycles. The van der Waals surface area contributed by atoms with Crippen LogP contribution in [0.5, 0.6) is 5.75 Å². The van der Waals surface area contributed by atoms with E-state index in [0.717, 1.165) is 27.6 Å². The number of aryl methyl sites for hydroxylation is 1. The highest BCUT2D eigenvalue weighted by molar-refractivity contribution is 7.15. The third-order valence-corrected chi connectivity index (χ3v) is 6.09. The smallest absolute Gasteiger partial charge is 0.341 e. The largest absolute Gasteiger partial charge is 0.496 e. The number of hydrogen-bond acceptors (Lipinski definition) is 5. The van der Waals surface area contributed by atoms with Gasteiger partial charge in [-0.1, -0.05) is 29.8 Å². The molecule has 0 aliphatic heterocycles. The van der Waals surface area contributed by atoms with Gasteiger partial charge in [0, 0.05) is 33.6 Å². The fourth-order valence-corrected chi connectivity index (χ4v) is 4.67. The Bertz CT molecular complexity index is 1290. The van der Waals surface area contributed by atoms with Gasteiger partial charge in [0.1, 0.15) is 16.3 Å². The number of carbonyl (C=O) groups excluding carboxylic acids is 2. The Kier molecular flexibility index (Phi) is 6.28. The molecule has 4 aromatic rings. The molecule has 7 heteroatoms. The zero-order valence-electron chi connectivity index (χ0n) is 18.2. The highest BCUT2D eigenvalue weighted by atomic mass is 32.1. The van der Waals surface area contributed by atoms with Crippen molar-refractivity contribution in [2.75, 3.05) is 19.0 Å². The third kappa shape index (κ3) is 4.24. The summed E-state index contributed by atoms with van der Waals surface area (Å²) in [5.74, 6) is -0.0322. The first-order valence-electron chi connectivity index (χ1n) is 10.3. The zero-order valence-corrected chi connectivity index (χ0v) is 19.0. The number of methoxy groups -OCH3 is 1. The summed E-state index contributed by atoms with van der Waals surface area (Å²) in [6.07, 6.45) is 2.03. The van der Waals surface area contributed by atoms with E-state index >= 15 is 0 Å². The summed E-state index contributed by atoms with van der Waals surface area (Å²) >= 11 is 1.30. The van der Waals surface area contributed by atoms with Crippen molar-refractivity contribution >= 4 is 39.1 Å². The maximum atomic E-state index is 12.9. The molecule has 2 aromatic carbocycles. The standard InChI is InChI=1S/C25H24N2O4S/c1-4-31-25(29)23-19(18-11-15(2)9-10-21(18)30-3)14-32-24(23)27-22(28)12-16-13-26-20-8-6-5-7-17(16)20/h5-11,13-14,26H,4,12H2,1-3H3,(H,27,28). The van der Waals surface area contributed by atoms with Gasteiger partial charge < -0.3 is 19.8 Å². The number of para-hydroxylation sites is 1. The molecule has 0 saturated carbocycles. The number of thiophene rings is 1. The number of nitrogens with one attached hydrogen (secondary N) is 2. The van der Waals surface area contributed by atoms with Crippen LogP contribution in [0.1, 0.15) is 28.4 Å². The van der Waals surface area contributed by atoms with Crippen molar-refractivity contribution in [3.05, 3.63) is 70.7 Å². The quantitative estimate of drug-likeness (QED) is 0.362. The van der Waals surface area contributed by atoms with Crippen LogP contribution in [0.3, 0.4) is 0 Å². The maximum absolute atomic E-state index is 12.9. The number of aromatic amines is 1. The van der Waals surface area contributed by atoms with Crippen molar-refractivity contribution in [3.8, 4) is 16.9 Å². The first-order chi connectivity index (χ1) is 15.5. The van der Waals surface area contributed by atoms with Crippen LogP contribution in [0.25, 0.3) is 22.0 Å². The number of anilines is 1. The molecule has 0 spiro atoms. The van der Waals surface area contributed by atoms with E-state index < -0.39 is 5.97 Å². The predicted molar refractivity (Wildman–Crippen MR) is 128 cm³/mol. The topological polar surface area (TPSA) is 80.4 Å². The summed E-state index contributed by atoms with van der Waals surface area (Å²) < 4.78 is 10.8. The van der Waals surface area contributed by atoms with Gasteiger partial charge in [-0.25, -0.2) is 4.79 Å². The minimum Gasteiger partial charge on any atom is -0.496 e. The van der Waals surface area contributed by atoms with E-state index in [4.69, 9.17) is 9.47 Å². The molecule has 1 amide bonds. The van der Waals surface area contributed by atoms with E-state index in [0.29, 0.717) is 21.9 Å². The Morgan fingerprint density at radius 2 is 1.94 bits per heavy atom. The molecule has 0 unspecified atom stereocenters. The van der Waals surface area contributed by atoms with Crippen LogP contribution in [0.15, 0.2) is 54.0 Å². The van der Waals surface area contributed by atoms with Gasteiger partial charge in [0.2, 0.25) is 5.91 Å². The number of amides is 1. The van der Waals surface area contributed by atoms with Crippen LogP contribution >= 0.6 is 11.3 Å². The van der Waals surface area contributed by atoms with Crippen molar-refractivity contribution in [2.45, 2.75) is 20.3 Å². The fraction of sp³-hybridized carbons (Fsp3) is 0.200. The van der Waals surface area contributed by atoms with E-state index in [9.17, 15) is 9.59 Å².